The Morgan fingerprint density at radius 2 is 1.90 bits per heavy atom. The molecular weight excluding hydrogens is 510 g/mol. The molecule has 3 aromatic rings. The standard InChI is InChI=1S/C34H43N5O2/c1-34(2,3)26-8-9-28-25(16-26)17-29-30(37-28)19-31(38-29)33(41)18-24(10-13-39-14-11-27(40)12-15-39)22-4-6-23(7-5-22)32-20-35-21-36-32/h4-7,17,20-21,24,26-27,40H,8-16,18-19H2,1-3H3,(H,35,36)/t24-,26-/m0/s1. The minimum Gasteiger partial charge on any atom is -0.393 e. The summed E-state index contributed by atoms with van der Waals surface area (Å²) < 4.78 is 0. The molecule has 7 nitrogen and oxygen atoms in total. The van der Waals surface area contributed by atoms with E-state index in [9.17, 15) is 9.90 Å². The second-order valence-corrected chi connectivity index (χ2v) is 13.4. The number of rotatable bonds is 8. The number of benzene rings is 1. The summed E-state index contributed by atoms with van der Waals surface area (Å²) in [6.07, 6.45) is 10.1. The van der Waals surface area contributed by atoms with Gasteiger partial charge in [-0.1, -0.05) is 45.0 Å². The summed E-state index contributed by atoms with van der Waals surface area (Å²) in [5.41, 5.74) is 8.56. The molecule has 41 heavy (non-hydrogen) atoms. The number of fused-ring (bicyclic) bond motifs is 2. The number of piperidine rings is 1. The van der Waals surface area contributed by atoms with Gasteiger partial charge in [-0.15, -0.1) is 0 Å². The van der Waals surface area contributed by atoms with E-state index >= 15 is 0 Å². The van der Waals surface area contributed by atoms with Gasteiger partial charge in [0.15, 0.2) is 5.78 Å². The van der Waals surface area contributed by atoms with Gasteiger partial charge in [-0.25, -0.2) is 9.98 Å². The number of aliphatic imine (C=N–C) groups is 1. The minimum absolute atomic E-state index is 0.102. The van der Waals surface area contributed by atoms with E-state index in [0.717, 1.165) is 74.4 Å². The highest BCUT2D eigenvalue weighted by Gasteiger charge is 2.32. The monoisotopic (exact) mass is 553 g/mol. The molecule has 7 heteroatoms. The van der Waals surface area contributed by atoms with Crippen molar-refractivity contribution in [3.63, 3.8) is 0 Å². The van der Waals surface area contributed by atoms with Crippen LogP contribution in [0.15, 0.2) is 47.8 Å². The molecule has 0 radical (unpaired) electrons. The van der Waals surface area contributed by atoms with Crippen LogP contribution in [-0.4, -0.2) is 62.2 Å². The molecule has 1 saturated heterocycles. The molecule has 3 aliphatic rings. The van der Waals surface area contributed by atoms with Crippen molar-refractivity contribution in [2.45, 2.75) is 84.2 Å². The Morgan fingerprint density at radius 3 is 2.61 bits per heavy atom. The molecule has 216 valence electrons. The number of imidazole rings is 1. The van der Waals surface area contributed by atoms with E-state index in [4.69, 9.17) is 9.98 Å². The lowest BCUT2D eigenvalue weighted by atomic mass is 9.71. The van der Waals surface area contributed by atoms with Crippen LogP contribution in [0.4, 0.5) is 5.69 Å². The molecule has 0 bridgehead atoms. The second kappa shape index (κ2) is 11.6. The lowest BCUT2D eigenvalue weighted by Crippen LogP contribution is -2.37. The number of likely N-dealkylation sites (tertiary alicyclic amines) is 1. The van der Waals surface area contributed by atoms with E-state index in [1.165, 1.54) is 23.2 Å². The largest absolute Gasteiger partial charge is 0.393 e. The topological polar surface area (TPSA) is 94.5 Å². The fourth-order valence-corrected chi connectivity index (χ4v) is 6.72. The third-order valence-electron chi connectivity index (χ3n) is 9.55. The Labute approximate surface area is 243 Å². The van der Waals surface area contributed by atoms with Crippen molar-refractivity contribution in [3.8, 4) is 11.3 Å². The molecule has 0 saturated carbocycles. The number of ketones is 1. The summed E-state index contributed by atoms with van der Waals surface area (Å²) in [5.74, 6) is 0.875. The summed E-state index contributed by atoms with van der Waals surface area (Å²) in [7, 11) is 0. The summed E-state index contributed by atoms with van der Waals surface area (Å²) in [6.45, 7) is 9.73. The van der Waals surface area contributed by atoms with Crippen LogP contribution in [0.25, 0.3) is 11.3 Å². The number of aromatic nitrogens is 3. The smallest absolute Gasteiger partial charge is 0.178 e. The van der Waals surface area contributed by atoms with Gasteiger partial charge in [0.05, 0.1) is 41.4 Å². The van der Waals surface area contributed by atoms with E-state index in [1.807, 2.05) is 6.20 Å². The Kier molecular flexibility index (Phi) is 7.92. The molecule has 1 aromatic carbocycles. The molecule has 2 aliphatic heterocycles. The highest BCUT2D eigenvalue weighted by atomic mass is 16.3. The van der Waals surface area contributed by atoms with Crippen LogP contribution in [0.3, 0.4) is 0 Å². The van der Waals surface area contributed by atoms with E-state index in [2.05, 4.69) is 66.0 Å². The van der Waals surface area contributed by atoms with Crippen LogP contribution in [0.2, 0.25) is 0 Å². The Hall–Kier alpha value is -3.16. The molecule has 2 aromatic heterocycles. The maximum Gasteiger partial charge on any atom is 0.178 e. The number of hydrogen-bond acceptors (Lipinski definition) is 6. The van der Waals surface area contributed by atoms with E-state index in [0.29, 0.717) is 24.5 Å². The maximum absolute atomic E-state index is 13.7. The third-order valence-corrected chi connectivity index (χ3v) is 9.55. The van der Waals surface area contributed by atoms with Gasteiger partial charge in [0, 0.05) is 31.6 Å². The van der Waals surface area contributed by atoms with E-state index in [-0.39, 0.29) is 23.2 Å². The van der Waals surface area contributed by atoms with Gasteiger partial charge in [-0.2, -0.15) is 0 Å². The SMILES string of the molecule is CC(C)(C)[C@H]1CCc2nc3c(cc2C1)N=C(C(=O)C[C@H](CCN1CCC(O)CC1)c1ccc(-c2cnc[nH]2)cc1)C3. The highest BCUT2D eigenvalue weighted by molar-refractivity contribution is 6.41. The Morgan fingerprint density at radius 1 is 1.12 bits per heavy atom. The first kappa shape index (κ1) is 28.0. The van der Waals surface area contributed by atoms with Crippen molar-refractivity contribution in [2.75, 3.05) is 19.6 Å². The van der Waals surface area contributed by atoms with Crippen molar-refractivity contribution < 1.29 is 9.90 Å². The molecule has 6 rings (SSSR count). The van der Waals surface area contributed by atoms with Crippen LogP contribution in [0.5, 0.6) is 0 Å². The van der Waals surface area contributed by atoms with Gasteiger partial charge >= 0.3 is 0 Å². The van der Waals surface area contributed by atoms with E-state index in [1.54, 1.807) is 6.33 Å². The lowest BCUT2D eigenvalue weighted by Gasteiger charge is -2.34. The van der Waals surface area contributed by atoms with Crippen molar-refractivity contribution in [3.05, 3.63) is 65.4 Å². The Bertz CT molecular complexity index is 1400. The molecule has 1 fully saturated rings. The first-order valence-electron chi connectivity index (χ1n) is 15.3. The second-order valence-electron chi connectivity index (χ2n) is 13.4. The van der Waals surface area contributed by atoms with Gasteiger partial charge < -0.3 is 15.0 Å². The van der Waals surface area contributed by atoms with Gasteiger partial charge in [-0.05, 0) is 85.1 Å². The summed E-state index contributed by atoms with van der Waals surface area (Å²) >= 11 is 0. The maximum atomic E-state index is 13.7. The number of aliphatic hydroxyl groups excluding tert-OH is 1. The average molecular weight is 554 g/mol. The van der Waals surface area contributed by atoms with Crippen LogP contribution in [0.1, 0.15) is 81.3 Å². The molecule has 0 unspecified atom stereocenters. The van der Waals surface area contributed by atoms with Gasteiger partial charge in [0.1, 0.15) is 0 Å². The van der Waals surface area contributed by atoms with E-state index < -0.39 is 0 Å². The van der Waals surface area contributed by atoms with Crippen molar-refractivity contribution in [2.24, 2.45) is 16.3 Å². The first-order chi connectivity index (χ1) is 19.7. The number of Topliss-reactive ketones (excluding diaryl/α,β-unsaturated/α-hetero) is 1. The number of aryl methyl sites for hydroxylation is 1. The van der Waals surface area contributed by atoms with Gasteiger partial charge in [0.2, 0.25) is 0 Å². The summed E-state index contributed by atoms with van der Waals surface area (Å²) in [6, 6.07) is 10.7. The molecule has 1 aliphatic carbocycles. The zero-order valence-electron chi connectivity index (χ0n) is 24.7. The highest BCUT2D eigenvalue weighted by Crippen LogP contribution is 2.39. The quantitative estimate of drug-likeness (QED) is 0.365. The summed E-state index contributed by atoms with van der Waals surface area (Å²) in [4.78, 5) is 33.3. The Balaban J connectivity index is 1.17. The lowest BCUT2D eigenvalue weighted by molar-refractivity contribution is -0.113. The number of hydrogen-bond donors (Lipinski definition) is 2. The predicted molar refractivity (Wildman–Crippen MR) is 163 cm³/mol. The minimum atomic E-state index is -0.181. The molecule has 0 spiro atoms. The third kappa shape index (κ3) is 6.36. The van der Waals surface area contributed by atoms with Crippen LogP contribution in [0, 0.1) is 11.3 Å². The first-order valence-corrected chi connectivity index (χ1v) is 15.3. The van der Waals surface area contributed by atoms with Crippen LogP contribution >= 0.6 is 0 Å². The predicted octanol–water partition coefficient (Wildman–Crippen LogP) is 5.84. The average Bonchev–Trinajstić information content (AvgIpc) is 3.64. The molecule has 4 heterocycles. The molecule has 0 amide bonds. The number of aliphatic hydroxyl groups is 1. The fourth-order valence-electron chi connectivity index (χ4n) is 6.72. The number of nitrogens with zero attached hydrogens (tertiary/aromatic N) is 4. The number of carbonyl (C=O) groups excluding carboxylic acids is 1. The number of H-pyrrole nitrogens is 1. The summed E-state index contributed by atoms with van der Waals surface area (Å²) in [5, 5.41) is 9.92. The van der Waals surface area contributed by atoms with Crippen molar-refractivity contribution >= 4 is 17.2 Å². The van der Waals surface area contributed by atoms with Crippen LogP contribution < -0.4 is 0 Å². The molecular formula is C34H43N5O2. The number of aromatic amines is 1. The van der Waals surface area contributed by atoms with Crippen molar-refractivity contribution in [1.82, 2.24) is 19.9 Å². The number of carbonyl (C=O) groups is 1. The number of pyridine rings is 1. The van der Waals surface area contributed by atoms with Crippen molar-refractivity contribution in [1.29, 1.82) is 0 Å². The van der Waals surface area contributed by atoms with Gasteiger partial charge in [-0.3, -0.25) is 9.78 Å². The zero-order valence-corrected chi connectivity index (χ0v) is 24.7. The molecule has 2 atom stereocenters. The van der Waals surface area contributed by atoms with Gasteiger partial charge in [0.25, 0.3) is 0 Å². The normalized spacial score (nSPS) is 20.4. The fraction of sp³-hybridized carbons (Fsp3) is 0.529. The number of nitrogens with one attached hydrogen (secondary N) is 1. The van der Waals surface area contributed by atoms with Crippen LogP contribution in [-0.2, 0) is 24.1 Å². The molecule has 2 N–H and O–H groups in total. The zero-order chi connectivity index (χ0) is 28.6.